The van der Waals surface area contributed by atoms with Crippen molar-refractivity contribution in [2.45, 2.75) is 57.3 Å². The van der Waals surface area contributed by atoms with Crippen molar-refractivity contribution < 1.29 is 19.1 Å². The van der Waals surface area contributed by atoms with Crippen molar-refractivity contribution >= 4 is 27.7 Å². The number of carbonyl (C=O) groups is 2. The molecular weight excluding hydrogens is 465 g/mol. The number of nitrogens with two attached hydrogens (primary N) is 1. The second-order valence-corrected chi connectivity index (χ2v) is 9.24. The van der Waals surface area contributed by atoms with Crippen LogP contribution >= 0.6 is 15.9 Å². The number of primary amides is 1. The van der Waals surface area contributed by atoms with Crippen molar-refractivity contribution in [2.75, 3.05) is 0 Å². The second-order valence-electron chi connectivity index (χ2n) is 8.32. The third-order valence-electron chi connectivity index (χ3n) is 5.06. The lowest BCUT2D eigenvalue weighted by Gasteiger charge is -2.27. The second kappa shape index (κ2) is 11.3. The third-order valence-corrected chi connectivity index (χ3v) is 5.50. The number of benzene rings is 1. The topological polar surface area (TPSA) is 105 Å². The summed E-state index contributed by atoms with van der Waals surface area (Å²) >= 11 is 3.29. The molecule has 0 spiro atoms. The van der Waals surface area contributed by atoms with E-state index in [1.165, 1.54) is 20.0 Å². The van der Waals surface area contributed by atoms with Gasteiger partial charge < -0.3 is 16.2 Å². The first-order chi connectivity index (χ1) is 14.5. The number of halogens is 2. The van der Waals surface area contributed by atoms with E-state index in [0.717, 1.165) is 5.56 Å². The van der Waals surface area contributed by atoms with Crippen LogP contribution in [0.3, 0.4) is 0 Å². The molecule has 168 valence electrons. The lowest BCUT2D eigenvalue weighted by atomic mass is 9.88. The largest absolute Gasteiger partial charge is 0.391 e. The molecule has 0 aliphatic rings. The fourth-order valence-electron chi connectivity index (χ4n) is 3.29. The molecule has 1 aromatic carbocycles. The Morgan fingerprint density at radius 2 is 1.94 bits per heavy atom. The molecule has 2 amide bonds. The zero-order valence-electron chi connectivity index (χ0n) is 17.7. The molecule has 3 atom stereocenters. The summed E-state index contributed by atoms with van der Waals surface area (Å²) in [5.74, 6) is -1.69. The van der Waals surface area contributed by atoms with E-state index in [4.69, 9.17) is 5.73 Å². The fraction of sp³-hybridized carbons (Fsp3) is 0.435. The zero-order chi connectivity index (χ0) is 23.0. The summed E-state index contributed by atoms with van der Waals surface area (Å²) in [6, 6.07) is 10.4. The minimum absolute atomic E-state index is 0.0277. The molecule has 6 nitrogen and oxygen atoms in total. The number of rotatable bonds is 11. The summed E-state index contributed by atoms with van der Waals surface area (Å²) in [6.07, 6.45) is 2.70. The Balaban J connectivity index is 2.17. The summed E-state index contributed by atoms with van der Waals surface area (Å²) < 4.78 is 14.6. The standard InChI is InChI=1S/C23H29BrFN3O3/c1-23(2,25)9-8-16(21(26)30)12-20(29)19(10-15-6-4-3-5-7-15)28-22(31)17-11-18(24)14-27-13-17/h3-7,11,13-14,16,19-20,29H,8-10,12H2,1-2H3,(H2,26,30)(H,28,31)/t16-,19+,20+/m1/s1. The minimum atomic E-state index is -1.44. The van der Waals surface area contributed by atoms with Crippen LogP contribution in [0.2, 0.25) is 0 Å². The predicted octanol–water partition coefficient (Wildman–Crippen LogP) is 3.57. The number of aromatic nitrogens is 1. The smallest absolute Gasteiger partial charge is 0.253 e. The highest BCUT2D eigenvalue weighted by atomic mass is 79.9. The number of amides is 2. The Hall–Kier alpha value is -2.32. The Labute approximate surface area is 190 Å². The summed E-state index contributed by atoms with van der Waals surface area (Å²) in [4.78, 5) is 28.6. The van der Waals surface area contributed by atoms with Crippen molar-refractivity contribution in [1.29, 1.82) is 0 Å². The van der Waals surface area contributed by atoms with Gasteiger partial charge >= 0.3 is 0 Å². The summed E-state index contributed by atoms with van der Waals surface area (Å²) in [7, 11) is 0. The van der Waals surface area contributed by atoms with Gasteiger partial charge in [-0.3, -0.25) is 14.6 Å². The Bertz CT molecular complexity index is 874. The van der Waals surface area contributed by atoms with Crippen molar-refractivity contribution in [2.24, 2.45) is 11.7 Å². The van der Waals surface area contributed by atoms with Gasteiger partial charge in [-0.2, -0.15) is 0 Å². The van der Waals surface area contributed by atoms with Gasteiger partial charge in [-0.15, -0.1) is 0 Å². The van der Waals surface area contributed by atoms with Crippen LogP contribution in [0, 0.1) is 5.92 Å². The summed E-state index contributed by atoms with van der Waals surface area (Å²) in [5.41, 5.74) is 5.32. The molecule has 0 fully saturated rings. The van der Waals surface area contributed by atoms with E-state index in [2.05, 4.69) is 26.2 Å². The van der Waals surface area contributed by atoms with Gasteiger partial charge in [0.15, 0.2) is 0 Å². The van der Waals surface area contributed by atoms with E-state index < -0.39 is 35.5 Å². The Kier molecular flexibility index (Phi) is 9.13. The molecule has 4 N–H and O–H groups in total. The van der Waals surface area contributed by atoms with Gasteiger partial charge in [-0.05, 0) is 67.1 Å². The number of nitrogens with zero attached hydrogens (tertiary/aromatic N) is 1. The number of pyridine rings is 1. The molecule has 0 aliphatic heterocycles. The average molecular weight is 494 g/mol. The highest BCUT2D eigenvalue weighted by Gasteiger charge is 2.29. The normalized spacial score (nSPS) is 14.5. The van der Waals surface area contributed by atoms with Gasteiger partial charge in [-0.25, -0.2) is 4.39 Å². The molecule has 8 heteroatoms. The van der Waals surface area contributed by atoms with Crippen LogP contribution in [0.25, 0.3) is 0 Å². The predicted molar refractivity (Wildman–Crippen MR) is 121 cm³/mol. The summed E-state index contributed by atoms with van der Waals surface area (Å²) in [5, 5.41) is 13.8. The van der Waals surface area contributed by atoms with Crippen molar-refractivity contribution in [1.82, 2.24) is 10.3 Å². The molecule has 0 saturated carbocycles. The van der Waals surface area contributed by atoms with Crippen LogP contribution < -0.4 is 11.1 Å². The number of aliphatic hydroxyl groups excluding tert-OH is 1. The molecule has 1 aromatic heterocycles. The molecule has 31 heavy (non-hydrogen) atoms. The van der Waals surface area contributed by atoms with Crippen molar-refractivity contribution in [3.8, 4) is 0 Å². The van der Waals surface area contributed by atoms with E-state index in [0.29, 0.717) is 16.5 Å². The number of nitrogens with one attached hydrogen (secondary N) is 1. The lowest BCUT2D eigenvalue weighted by molar-refractivity contribution is -0.123. The number of hydrogen-bond acceptors (Lipinski definition) is 4. The SMILES string of the molecule is CC(C)(F)CC[C@H](C[C@H](O)[C@H](Cc1ccccc1)NC(=O)c1cncc(Br)c1)C(N)=O. The van der Waals surface area contributed by atoms with E-state index >= 15 is 0 Å². The van der Waals surface area contributed by atoms with E-state index in [9.17, 15) is 19.1 Å². The van der Waals surface area contributed by atoms with Gasteiger partial charge in [0.2, 0.25) is 5.91 Å². The number of carbonyl (C=O) groups excluding carboxylic acids is 2. The molecule has 0 bridgehead atoms. The van der Waals surface area contributed by atoms with Crippen LogP contribution in [0.5, 0.6) is 0 Å². The average Bonchev–Trinajstić information content (AvgIpc) is 2.70. The van der Waals surface area contributed by atoms with Crippen LogP contribution in [0.1, 0.15) is 49.0 Å². The molecular formula is C23H29BrFN3O3. The lowest BCUT2D eigenvalue weighted by Crippen LogP contribution is -2.46. The Morgan fingerprint density at radius 3 is 2.52 bits per heavy atom. The Morgan fingerprint density at radius 1 is 1.26 bits per heavy atom. The fourth-order valence-corrected chi connectivity index (χ4v) is 3.65. The molecule has 2 rings (SSSR count). The minimum Gasteiger partial charge on any atom is -0.391 e. The first-order valence-corrected chi connectivity index (χ1v) is 11.0. The van der Waals surface area contributed by atoms with Crippen LogP contribution in [-0.4, -0.2) is 39.7 Å². The van der Waals surface area contributed by atoms with Gasteiger partial charge in [0.1, 0.15) is 5.67 Å². The highest BCUT2D eigenvalue weighted by molar-refractivity contribution is 9.10. The number of hydrogen-bond donors (Lipinski definition) is 3. The number of alkyl halides is 1. The molecule has 2 aromatic rings. The van der Waals surface area contributed by atoms with Crippen LogP contribution in [0.15, 0.2) is 53.3 Å². The first kappa shape index (κ1) is 24.9. The first-order valence-electron chi connectivity index (χ1n) is 10.2. The monoisotopic (exact) mass is 493 g/mol. The van der Waals surface area contributed by atoms with Crippen LogP contribution in [-0.2, 0) is 11.2 Å². The maximum atomic E-state index is 13.9. The molecule has 0 saturated heterocycles. The van der Waals surface area contributed by atoms with Gasteiger partial charge in [0.25, 0.3) is 5.91 Å². The third kappa shape index (κ3) is 8.75. The number of aliphatic hydroxyl groups is 1. The van der Waals surface area contributed by atoms with Gasteiger partial charge in [-0.1, -0.05) is 30.3 Å². The zero-order valence-corrected chi connectivity index (χ0v) is 19.3. The quantitative estimate of drug-likeness (QED) is 0.444. The maximum absolute atomic E-state index is 13.9. The van der Waals surface area contributed by atoms with E-state index in [1.807, 2.05) is 30.3 Å². The van der Waals surface area contributed by atoms with E-state index in [-0.39, 0.29) is 19.3 Å². The molecule has 0 unspecified atom stereocenters. The van der Waals surface area contributed by atoms with Crippen molar-refractivity contribution in [3.05, 3.63) is 64.4 Å². The van der Waals surface area contributed by atoms with Gasteiger partial charge in [0.05, 0.1) is 17.7 Å². The molecule has 0 aliphatic carbocycles. The van der Waals surface area contributed by atoms with Crippen molar-refractivity contribution in [3.63, 3.8) is 0 Å². The maximum Gasteiger partial charge on any atom is 0.253 e. The van der Waals surface area contributed by atoms with Crippen LogP contribution in [0.4, 0.5) is 4.39 Å². The molecule has 1 heterocycles. The van der Waals surface area contributed by atoms with Gasteiger partial charge in [0, 0.05) is 22.8 Å². The summed E-state index contributed by atoms with van der Waals surface area (Å²) in [6.45, 7) is 2.87. The van der Waals surface area contributed by atoms with E-state index in [1.54, 1.807) is 12.3 Å². The molecule has 0 radical (unpaired) electrons. The highest BCUT2D eigenvalue weighted by Crippen LogP contribution is 2.24.